The quantitative estimate of drug-likeness (QED) is 0.458. The molecule has 2 aromatic carbocycles. The van der Waals surface area contributed by atoms with Crippen molar-refractivity contribution in [3.8, 4) is 11.5 Å². The Labute approximate surface area is 198 Å². The van der Waals surface area contributed by atoms with Crippen molar-refractivity contribution in [3.05, 3.63) is 52.5 Å². The number of fused-ring (bicyclic) bond motifs is 1. The summed E-state index contributed by atoms with van der Waals surface area (Å²) in [6.07, 6.45) is 0.646. The molecule has 2 heterocycles. The van der Waals surface area contributed by atoms with Gasteiger partial charge in [0.2, 0.25) is 10.0 Å². The Morgan fingerprint density at radius 1 is 1.12 bits per heavy atom. The van der Waals surface area contributed by atoms with Crippen LogP contribution in [-0.2, 0) is 21.3 Å². The highest BCUT2D eigenvalue weighted by molar-refractivity contribution is 7.89. The molecule has 1 fully saturated rings. The summed E-state index contributed by atoms with van der Waals surface area (Å²) in [6.45, 7) is 4.20. The van der Waals surface area contributed by atoms with Gasteiger partial charge in [-0.05, 0) is 31.2 Å². The first-order chi connectivity index (χ1) is 16.4. The molecular formula is C23H29N3O7S. The Hall–Kier alpha value is -2.86. The molecule has 184 valence electrons. The predicted molar refractivity (Wildman–Crippen MR) is 126 cm³/mol. The highest BCUT2D eigenvalue weighted by Crippen LogP contribution is 2.33. The third-order valence-electron chi connectivity index (χ3n) is 5.85. The lowest BCUT2D eigenvalue weighted by atomic mass is 10.2. The fraction of sp³-hybridized carbons (Fsp3) is 0.435. The standard InChI is InChI=1S/C23H29N3O7S/c1-30-20-6-3-5-17(22(20)31-2)16-26(10-4-9-25-11-13-32-14-12-25)34(28,29)18-7-8-19-21(15-18)33-23(27)24-19/h3,5-8,15H,4,9-14,16H2,1-2H3,(H,24,27). The summed E-state index contributed by atoms with van der Waals surface area (Å²) < 4.78 is 50.2. The number of aromatic amines is 1. The molecule has 0 atom stereocenters. The van der Waals surface area contributed by atoms with E-state index in [4.69, 9.17) is 18.6 Å². The number of H-pyrrole nitrogens is 1. The molecule has 0 aliphatic carbocycles. The number of oxazole rings is 1. The van der Waals surface area contributed by atoms with Crippen molar-refractivity contribution in [2.75, 3.05) is 53.6 Å². The van der Waals surface area contributed by atoms with E-state index < -0.39 is 15.8 Å². The van der Waals surface area contributed by atoms with E-state index in [-0.39, 0.29) is 17.0 Å². The third-order valence-corrected chi connectivity index (χ3v) is 7.69. The number of aromatic nitrogens is 1. The number of benzene rings is 2. The Morgan fingerprint density at radius 2 is 1.91 bits per heavy atom. The van der Waals surface area contributed by atoms with E-state index in [1.165, 1.54) is 29.6 Å². The van der Waals surface area contributed by atoms with Crippen molar-refractivity contribution >= 4 is 21.1 Å². The summed E-state index contributed by atoms with van der Waals surface area (Å²) in [4.78, 5) is 16.4. The molecular weight excluding hydrogens is 462 g/mol. The van der Waals surface area contributed by atoms with Gasteiger partial charge >= 0.3 is 5.76 Å². The molecule has 4 rings (SSSR count). The Balaban J connectivity index is 1.63. The first-order valence-corrected chi connectivity index (χ1v) is 12.5. The van der Waals surface area contributed by atoms with Gasteiger partial charge in [-0.3, -0.25) is 9.88 Å². The van der Waals surface area contributed by atoms with Crippen LogP contribution in [0.1, 0.15) is 12.0 Å². The molecule has 0 saturated carbocycles. The maximum absolute atomic E-state index is 13.7. The molecule has 1 aliphatic heterocycles. The number of hydrogen-bond acceptors (Lipinski definition) is 8. The summed E-state index contributed by atoms with van der Waals surface area (Å²) in [7, 11) is -0.843. The summed E-state index contributed by atoms with van der Waals surface area (Å²) in [5.74, 6) is 0.389. The number of morpholine rings is 1. The predicted octanol–water partition coefficient (Wildman–Crippen LogP) is 2.05. The van der Waals surface area contributed by atoms with Crippen LogP contribution in [0.3, 0.4) is 0 Å². The number of hydrogen-bond donors (Lipinski definition) is 1. The second-order valence-corrected chi connectivity index (χ2v) is 9.91. The van der Waals surface area contributed by atoms with Crippen LogP contribution < -0.4 is 15.2 Å². The van der Waals surface area contributed by atoms with Gasteiger partial charge in [0.05, 0.1) is 37.8 Å². The molecule has 3 aromatic rings. The highest BCUT2D eigenvalue weighted by atomic mass is 32.2. The lowest BCUT2D eigenvalue weighted by Crippen LogP contribution is -2.39. The van der Waals surface area contributed by atoms with E-state index >= 15 is 0 Å². The summed E-state index contributed by atoms with van der Waals surface area (Å²) in [6, 6.07) is 9.77. The van der Waals surface area contributed by atoms with E-state index in [1.807, 2.05) is 6.07 Å². The largest absolute Gasteiger partial charge is 0.493 e. The molecule has 0 amide bonds. The van der Waals surface area contributed by atoms with Gasteiger partial charge in [-0.15, -0.1) is 0 Å². The number of nitrogens with zero attached hydrogens (tertiary/aromatic N) is 2. The van der Waals surface area contributed by atoms with E-state index in [0.29, 0.717) is 48.8 Å². The Bertz CT molecular complexity index is 1280. The molecule has 1 aliphatic rings. The molecule has 0 unspecified atom stereocenters. The summed E-state index contributed by atoms with van der Waals surface area (Å²) >= 11 is 0. The molecule has 1 N–H and O–H groups in total. The lowest BCUT2D eigenvalue weighted by Gasteiger charge is -2.28. The van der Waals surface area contributed by atoms with Crippen LogP contribution in [0.15, 0.2) is 50.5 Å². The maximum Gasteiger partial charge on any atom is 0.417 e. The maximum atomic E-state index is 13.7. The van der Waals surface area contributed by atoms with Gasteiger partial charge in [0.1, 0.15) is 0 Å². The molecule has 0 bridgehead atoms. The van der Waals surface area contributed by atoms with E-state index in [9.17, 15) is 13.2 Å². The second kappa shape index (κ2) is 10.6. The van der Waals surface area contributed by atoms with Crippen LogP contribution in [0, 0.1) is 0 Å². The topological polar surface area (TPSA) is 114 Å². The van der Waals surface area contributed by atoms with Crippen LogP contribution in [0.4, 0.5) is 0 Å². The van der Waals surface area contributed by atoms with Gasteiger partial charge in [0.15, 0.2) is 17.1 Å². The zero-order valence-electron chi connectivity index (χ0n) is 19.3. The number of rotatable bonds is 10. The minimum atomic E-state index is -3.91. The molecule has 1 aromatic heterocycles. The number of ether oxygens (including phenoxy) is 3. The monoisotopic (exact) mass is 491 g/mol. The van der Waals surface area contributed by atoms with Crippen LogP contribution in [0.5, 0.6) is 11.5 Å². The van der Waals surface area contributed by atoms with E-state index in [1.54, 1.807) is 19.2 Å². The fourth-order valence-corrected chi connectivity index (χ4v) is 5.56. The van der Waals surface area contributed by atoms with Gasteiger partial charge in [0.25, 0.3) is 0 Å². The van der Waals surface area contributed by atoms with Crippen LogP contribution in [0.2, 0.25) is 0 Å². The number of sulfonamides is 1. The lowest BCUT2D eigenvalue weighted by molar-refractivity contribution is 0.0368. The molecule has 11 heteroatoms. The SMILES string of the molecule is COc1cccc(CN(CCCN2CCOCC2)S(=O)(=O)c2ccc3[nH]c(=O)oc3c2)c1OC. The second-order valence-electron chi connectivity index (χ2n) is 7.97. The van der Waals surface area contributed by atoms with E-state index in [2.05, 4.69) is 9.88 Å². The molecule has 0 radical (unpaired) electrons. The van der Waals surface area contributed by atoms with Gasteiger partial charge in [-0.2, -0.15) is 4.31 Å². The van der Waals surface area contributed by atoms with Gasteiger partial charge in [0, 0.05) is 37.8 Å². The molecule has 10 nitrogen and oxygen atoms in total. The summed E-state index contributed by atoms with van der Waals surface area (Å²) in [5, 5.41) is 0. The minimum absolute atomic E-state index is 0.0518. The van der Waals surface area contributed by atoms with Crippen molar-refractivity contribution in [1.82, 2.24) is 14.2 Å². The zero-order chi connectivity index (χ0) is 24.1. The van der Waals surface area contributed by atoms with Crippen molar-refractivity contribution in [2.45, 2.75) is 17.9 Å². The number of nitrogens with one attached hydrogen (secondary N) is 1. The van der Waals surface area contributed by atoms with Crippen molar-refractivity contribution in [2.24, 2.45) is 0 Å². The first kappa shape index (κ1) is 24.3. The van der Waals surface area contributed by atoms with Gasteiger partial charge < -0.3 is 18.6 Å². The highest BCUT2D eigenvalue weighted by Gasteiger charge is 2.27. The van der Waals surface area contributed by atoms with Crippen LogP contribution in [0.25, 0.3) is 11.1 Å². The van der Waals surface area contributed by atoms with Crippen molar-refractivity contribution in [1.29, 1.82) is 0 Å². The van der Waals surface area contributed by atoms with Crippen molar-refractivity contribution in [3.63, 3.8) is 0 Å². The third kappa shape index (κ3) is 5.27. The normalized spacial score (nSPS) is 15.1. The average Bonchev–Trinajstić information content (AvgIpc) is 3.23. The Morgan fingerprint density at radius 3 is 2.65 bits per heavy atom. The molecule has 1 saturated heterocycles. The van der Waals surface area contributed by atoms with Gasteiger partial charge in [-0.1, -0.05) is 12.1 Å². The molecule has 0 spiro atoms. The number of para-hydroxylation sites is 1. The van der Waals surface area contributed by atoms with Gasteiger partial charge in [-0.25, -0.2) is 13.2 Å². The Kier molecular flexibility index (Phi) is 7.57. The minimum Gasteiger partial charge on any atom is -0.493 e. The summed E-state index contributed by atoms with van der Waals surface area (Å²) in [5.41, 5.74) is 1.32. The average molecular weight is 492 g/mol. The smallest absolute Gasteiger partial charge is 0.417 e. The van der Waals surface area contributed by atoms with Crippen LogP contribution in [-0.4, -0.2) is 76.2 Å². The van der Waals surface area contributed by atoms with Crippen LogP contribution >= 0.6 is 0 Å². The van der Waals surface area contributed by atoms with E-state index in [0.717, 1.165) is 19.6 Å². The fourth-order valence-electron chi connectivity index (χ4n) is 4.08. The van der Waals surface area contributed by atoms with Crippen molar-refractivity contribution < 1.29 is 27.0 Å². The first-order valence-electron chi connectivity index (χ1n) is 11.1. The molecule has 34 heavy (non-hydrogen) atoms. The zero-order valence-corrected chi connectivity index (χ0v) is 20.1. The number of methoxy groups -OCH3 is 2.